The quantitative estimate of drug-likeness (QED) is 0.287. The molecule has 0 radical (unpaired) electrons. The van der Waals surface area contributed by atoms with Crippen LogP contribution < -0.4 is 15.5 Å². The van der Waals surface area contributed by atoms with Crippen LogP contribution in [0.1, 0.15) is 18.1 Å². The summed E-state index contributed by atoms with van der Waals surface area (Å²) in [4.78, 5) is 24.4. The van der Waals surface area contributed by atoms with Gasteiger partial charge in [0.1, 0.15) is 6.04 Å². The molecule has 9 heteroatoms. The largest absolute Gasteiger partial charge is 0.504 e. The van der Waals surface area contributed by atoms with Gasteiger partial charge in [0.2, 0.25) is 0 Å². The third-order valence-electron chi connectivity index (χ3n) is 3.83. The van der Waals surface area contributed by atoms with Crippen molar-refractivity contribution < 1.29 is 24.2 Å². The van der Waals surface area contributed by atoms with Gasteiger partial charge in [-0.05, 0) is 52.8 Å². The van der Waals surface area contributed by atoms with Crippen molar-refractivity contribution in [1.29, 1.82) is 0 Å². The number of rotatable bonds is 8. The smallest absolute Gasteiger partial charge is 0.407 e. The van der Waals surface area contributed by atoms with Gasteiger partial charge in [0.25, 0.3) is 5.91 Å². The van der Waals surface area contributed by atoms with E-state index in [0.29, 0.717) is 14.9 Å². The minimum absolute atomic E-state index is 0.0378. The third kappa shape index (κ3) is 6.93. The second kappa shape index (κ2) is 11.2. The zero-order valence-electron chi connectivity index (χ0n) is 16.0. The summed E-state index contributed by atoms with van der Waals surface area (Å²) < 4.78 is 10.6. The molecule has 3 N–H and O–H groups in total. The van der Waals surface area contributed by atoms with Crippen LogP contribution in [0.4, 0.5) is 4.79 Å². The molecule has 0 spiro atoms. The number of benzene rings is 2. The number of aromatic hydroxyl groups is 1. The lowest BCUT2D eigenvalue weighted by molar-refractivity contribution is -0.123. The maximum absolute atomic E-state index is 12.6. The Balaban J connectivity index is 2.09. The number of amides is 2. The van der Waals surface area contributed by atoms with Gasteiger partial charge >= 0.3 is 6.09 Å². The maximum atomic E-state index is 12.6. The molecule has 0 aromatic heterocycles. The summed E-state index contributed by atoms with van der Waals surface area (Å²) in [6, 6.07) is 11.7. The SMILES string of the molecule is CCOC(=O)N[C@H](Cc1ccccc1)C(=O)N/N=C\c1cc(I)c(O)c(OC)c1. The Bertz CT molecular complexity index is 874. The van der Waals surface area contributed by atoms with E-state index >= 15 is 0 Å². The molecule has 2 aromatic carbocycles. The molecule has 0 aliphatic rings. The van der Waals surface area contributed by atoms with Gasteiger partial charge in [0, 0.05) is 6.42 Å². The molecule has 0 saturated heterocycles. The summed E-state index contributed by atoms with van der Waals surface area (Å²) >= 11 is 1.97. The van der Waals surface area contributed by atoms with Crippen molar-refractivity contribution >= 4 is 40.8 Å². The highest BCUT2D eigenvalue weighted by Crippen LogP contribution is 2.31. The fourth-order valence-electron chi connectivity index (χ4n) is 2.45. The van der Waals surface area contributed by atoms with Crippen molar-refractivity contribution in [2.45, 2.75) is 19.4 Å². The maximum Gasteiger partial charge on any atom is 0.407 e. The van der Waals surface area contributed by atoms with E-state index in [2.05, 4.69) is 15.8 Å². The number of phenols is 1. The van der Waals surface area contributed by atoms with Crippen LogP contribution in [0, 0.1) is 3.57 Å². The molecule has 8 nitrogen and oxygen atoms in total. The molecule has 0 saturated carbocycles. The standard InChI is InChI=1S/C20H22IN3O5/c1-3-29-20(27)23-16(10-13-7-5-4-6-8-13)19(26)24-22-12-14-9-15(21)18(25)17(11-14)28-2/h4-9,11-12,16,25H,3,10H2,1-2H3,(H,23,27)(H,24,26)/b22-12-/t16-/m1/s1. The number of carbonyl (C=O) groups excluding carboxylic acids is 2. The van der Waals surface area contributed by atoms with Crippen LogP contribution >= 0.6 is 22.6 Å². The Morgan fingerprint density at radius 2 is 2.00 bits per heavy atom. The number of hydrogen-bond donors (Lipinski definition) is 3. The van der Waals surface area contributed by atoms with Crippen molar-refractivity contribution in [1.82, 2.24) is 10.7 Å². The molecule has 0 bridgehead atoms. The van der Waals surface area contributed by atoms with Gasteiger partial charge in [0.15, 0.2) is 11.5 Å². The number of nitrogens with one attached hydrogen (secondary N) is 2. The Labute approximate surface area is 182 Å². The van der Waals surface area contributed by atoms with Gasteiger partial charge in [0.05, 0.1) is 23.5 Å². The number of hydrazone groups is 1. The number of hydrogen-bond acceptors (Lipinski definition) is 6. The fourth-order valence-corrected chi connectivity index (χ4v) is 3.07. The Hall–Kier alpha value is -2.82. The average molecular weight is 511 g/mol. The zero-order valence-corrected chi connectivity index (χ0v) is 18.2. The molecule has 0 unspecified atom stereocenters. The lowest BCUT2D eigenvalue weighted by Crippen LogP contribution is -2.47. The van der Waals surface area contributed by atoms with Crippen molar-refractivity contribution in [3.63, 3.8) is 0 Å². The molecule has 0 fully saturated rings. The highest BCUT2D eigenvalue weighted by Gasteiger charge is 2.21. The molecule has 0 heterocycles. The van der Waals surface area contributed by atoms with Gasteiger partial charge in [-0.1, -0.05) is 30.3 Å². The van der Waals surface area contributed by atoms with Crippen molar-refractivity contribution in [2.24, 2.45) is 5.10 Å². The van der Waals surface area contributed by atoms with Crippen LogP contribution in [0.2, 0.25) is 0 Å². The zero-order chi connectivity index (χ0) is 21.2. The van der Waals surface area contributed by atoms with Crippen LogP contribution in [0.3, 0.4) is 0 Å². The van der Waals surface area contributed by atoms with Crippen molar-refractivity contribution in [3.8, 4) is 11.5 Å². The van der Waals surface area contributed by atoms with Crippen LogP contribution in [0.25, 0.3) is 0 Å². The minimum atomic E-state index is -0.858. The molecule has 1 atom stereocenters. The number of methoxy groups -OCH3 is 1. The molecule has 2 aromatic rings. The number of nitrogens with zero attached hydrogens (tertiary/aromatic N) is 1. The molecule has 29 heavy (non-hydrogen) atoms. The predicted molar refractivity (Wildman–Crippen MR) is 117 cm³/mol. The first-order valence-electron chi connectivity index (χ1n) is 8.81. The Kier molecular flexibility index (Phi) is 8.71. The summed E-state index contributed by atoms with van der Waals surface area (Å²) in [6.07, 6.45) is 1.03. The molecule has 0 aliphatic carbocycles. The number of alkyl carbamates (subject to hydrolysis) is 1. The van der Waals surface area contributed by atoms with Crippen LogP contribution in [-0.4, -0.2) is 43.1 Å². The van der Waals surface area contributed by atoms with Gasteiger partial charge < -0.3 is 19.9 Å². The summed E-state index contributed by atoms with van der Waals surface area (Å²) in [5.74, 6) is -0.148. The van der Waals surface area contributed by atoms with E-state index in [1.165, 1.54) is 13.3 Å². The fraction of sp³-hybridized carbons (Fsp3) is 0.250. The van der Waals surface area contributed by atoms with Crippen LogP contribution in [0.5, 0.6) is 11.5 Å². The predicted octanol–water partition coefficient (Wildman–Crippen LogP) is 2.81. The number of phenolic OH excluding ortho intramolecular Hbond substituents is 1. The highest BCUT2D eigenvalue weighted by molar-refractivity contribution is 14.1. The first-order valence-corrected chi connectivity index (χ1v) is 9.89. The minimum Gasteiger partial charge on any atom is -0.504 e. The van der Waals surface area contributed by atoms with E-state index in [1.807, 2.05) is 52.9 Å². The molecule has 154 valence electrons. The molecular formula is C20H22IN3O5. The van der Waals surface area contributed by atoms with E-state index in [9.17, 15) is 14.7 Å². The Morgan fingerprint density at radius 3 is 2.66 bits per heavy atom. The monoisotopic (exact) mass is 511 g/mol. The second-order valence-electron chi connectivity index (χ2n) is 5.89. The van der Waals surface area contributed by atoms with E-state index in [1.54, 1.807) is 19.1 Å². The average Bonchev–Trinajstić information content (AvgIpc) is 2.70. The van der Waals surface area contributed by atoms with E-state index in [0.717, 1.165) is 5.56 Å². The number of ether oxygens (including phenoxy) is 2. The summed E-state index contributed by atoms with van der Waals surface area (Å²) in [7, 11) is 1.45. The van der Waals surface area contributed by atoms with Crippen molar-refractivity contribution in [3.05, 3.63) is 57.2 Å². The lowest BCUT2D eigenvalue weighted by atomic mass is 10.1. The number of carbonyl (C=O) groups is 2. The van der Waals surface area contributed by atoms with Crippen molar-refractivity contribution in [2.75, 3.05) is 13.7 Å². The van der Waals surface area contributed by atoms with Gasteiger partial charge in [-0.15, -0.1) is 0 Å². The molecule has 2 rings (SSSR count). The summed E-state index contributed by atoms with van der Waals surface area (Å²) in [5, 5.41) is 16.4. The van der Waals surface area contributed by atoms with Crippen LogP contribution in [-0.2, 0) is 16.0 Å². The normalized spacial score (nSPS) is 11.7. The number of halogens is 1. The lowest BCUT2D eigenvalue weighted by Gasteiger charge is -2.16. The Morgan fingerprint density at radius 1 is 1.28 bits per heavy atom. The first-order chi connectivity index (χ1) is 13.9. The van der Waals surface area contributed by atoms with Crippen LogP contribution in [0.15, 0.2) is 47.6 Å². The molecule has 2 amide bonds. The summed E-state index contributed by atoms with van der Waals surface area (Å²) in [5.41, 5.74) is 3.93. The van der Waals surface area contributed by atoms with E-state index in [4.69, 9.17) is 9.47 Å². The topological polar surface area (TPSA) is 109 Å². The van der Waals surface area contributed by atoms with Gasteiger partial charge in [-0.2, -0.15) is 5.10 Å². The van der Waals surface area contributed by atoms with Gasteiger partial charge in [-0.3, -0.25) is 4.79 Å². The third-order valence-corrected chi connectivity index (χ3v) is 4.65. The molecule has 0 aliphatic heterocycles. The second-order valence-corrected chi connectivity index (χ2v) is 7.06. The molecular weight excluding hydrogens is 489 g/mol. The van der Waals surface area contributed by atoms with Gasteiger partial charge in [-0.25, -0.2) is 10.2 Å². The van der Waals surface area contributed by atoms with E-state index < -0.39 is 18.0 Å². The summed E-state index contributed by atoms with van der Waals surface area (Å²) in [6.45, 7) is 1.88. The first kappa shape index (κ1) is 22.5. The van der Waals surface area contributed by atoms with E-state index in [-0.39, 0.29) is 18.8 Å². The highest BCUT2D eigenvalue weighted by atomic mass is 127.